The predicted molar refractivity (Wildman–Crippen MR) is 112 cm³/mol. The number of azo groups is 1. The number of hydrogen-bond donors (Lipinski definition) is 1. The highest BCUT2D eigenvalue weighted by Crippen LogP contribution is 2.28. The average Bonchev–Trinajstić information content (AvgIpc) is 2.70. The van der Waals surface area contributed by atoms with Crippen LogP contribution < -0.4 is 5.56 Å². The summed E-state index contributed by atoms with van der Waals surface area (Å²) in [5.74, 6) is -0.337. The van der Waals surface area contributed by atoms with E-state index in [0.717, 1.165) is 16.7 Å². The lowest BCUT2D eigenvalue weighted by molar-refractivity contribution is 0.404. The molecule has 1 aromatic heterocycles. The van der Waals surface area contributed by atoms with Crippen LogP contribution in [0.25, 0.3) is 0 Å². The molecule has 2 aromatic carbocycles. The summed E-state index contributed by atoms with van der Waals surface area (Å²) in [6.45, 7) is 5.74. The summed E-state index contributed by atoms with van der Waals surface area (Å²) in [4.78, 5) is 13.0. The number of benzene rings is 2. The number of aryl methyl sites for hydroxylation is 3. The normalized spacial score (nSPS) is 11.0. The molecule has 0 bridgehead atoms. The van der Waals surface area contributed by atoms with Gasteiger partial charge in [-0.2, -0.15) is 10.4 Å². The number of nitriles is 1. The third kappa shape index (κ3) is 4.25. The van der Waals surface area contributed by atoms with Crippen molar-refractivity contribution in [2.24, 2.45) is 10.2 Å². The van der Waals surface area contributed by atoms with Crippen LogP contribution in [0.2, 0.25) is 0 Å². The van der Waals surface area contributed by atoms with E-state index < -0.39 is 5.56 Å². The molecule has 0 aliphatic carbocycles. The summed E-state index contributed by atoms with van der Waals surface area (Å²) in [6, 6.07) is 17.4. The predicted octanol–water partition coefficient (Wildman–Crippen LogP) is 5.01. The molecule has 0 fully saturated rings. The third-order valence-electron chi connectivity index (χ3n) is 4.85. The molecule has 3 aromatic rings. The first kappa shape index (κ1) is 20.0. The zero-order valence-electron chi connectivity index (χ0n) is 16.7. The second kappa shape index (κ2) is 8.53. The van der Waals surface area contributed by atoms with Crippen molar-refractivity contribution < 1.29 is 5.11 Å². The second-order valence-corrected chi connectivity index (χ2v) is 6.97. The van der Waals surface area contributed by atoms with E-state index >= 15 is 0 Å². The Balaban J connectivity index is 2.03. The molecule has 0 radical (unpaired) electrons. The minimum Gasteiger partial charge on any atom is -0.493 e. The molecule has 1 heterocycles. The fourth-order valence-electron chi connectivity index (χ4n) is 3.17. The number of aromatic nitrogens is 1. The second-order valence-electron chi connectivity index (χ2n) is 6.97. The van der Waals surface area contributed by atoms with E-state index in [-0.39, 0.29) is 23.7 Å². The molecule has 0 spiro atoms. The highest BCUT2D eigenvalue weighted by Gasteiger charge is 2.19. The molecule has 0 atom stereocenters. The summed E-state index contributed by atoms with van der Waals surface area (Å²) < 4.78 is 1.19. The fraction of sp³-hybridized carbons (Fsp3) is 0.217. The van der Waals surface area contributed by atoms with Crippen LogP contribution in [0.3, 0.4) is 0 Å². The first-order valence-electron chi connectivity index (χ1n) is 9.31. The summed E-state index contributed by atoms with van der Waals surface area (Å²) in [5, 5.41) is 28.4. The van der Waals surface area contributed by atoms with Gasteiger partial charge in [-0.3, -0.25) is 9.36 Å². The molecule has 0 aliphatic heterocycles. The van der Waals surface area contributed by atoms with Gasteiger partial charge < -0.3 is 5.11 Å². The van der Waals surface area contributed by atoms with E-state index in [9.17, 15) is 15.2 Å². The fourth-order valence-corrected chi connectivity index (χ4v) is 3.17. The van der Waals surface area contributed by atoms with Crippen LogP contribution in [0.15, 0.2) is 63.6 Å². The highest BCUT2D eigenvalue weighted by molar-refractivity contribution is 5.57. The molecule has 0 saturated carbocycles. The molecule has 3 rings (SSSR count). The van der Waals surface area contributed by atoms with Crippen molar-refractivity contribution in [3.63, 3.8) is 0 Å². The smallest absolute Gasteiger partial charge is 0.281 e. The Labute approximate surface area is 169 Å². The van der Waals surface area contributed by atoms with E-state index in [4.69, 9.17) is 0 Å². The lowest BCUT2D eigenvalue weighted by Crippen LogP contribution is -2.22. The maximum Gasteiger partial charge on any atom is 0.281 e. The largest absolute Gasteiger partial charge is 0.493 e. The number of nitrogens with zero attached hydrogens (tertiary/aromatic N) is 4. The number of pyridine rings is 1. The quantitative estimate of drug-likeness (QED) is 0.625. The van der Waals surface area contributed by atoms with Crippen molar-refractivity contribution in [1.29, 1.82) is 5.26 Å². The van der Waals surface area contributed by atoms with Gasteiger partial charge in [0.25, 0.3) is 5.56 Å². The van der Waals surface area contributed by atoms with Gasteiger partial charge >= 0.3 is 0 Å². The Morgan fingerprint density at radius 1 is 1.07 bits per heavy atom. The van der Waals surface area contributed by atoms with E-state index in [1.807, 2.05) is 68.4 Å². The molecular weight excluding hydrogens is 364 g/mol. The topological polar surface area (TPSA) is 90.7 Å². The van der Waals surface area contributed by atoms with Gasteiger partial charge in [0.1, 0.15) is 11.6 Å². The van der Waals surface area contributed by atoms with Crippen LogP contribution in [0.4, 0.5) is 11.4 Å². The summed E-state index contributed by atoms with van der Waals surface area (Å²) in [7, 11) is 0. The van der Waals surface area contributed by atoms with E-state index in [0.29, 0.717) is 17.7 Å². The van der Waals surface area contributed by atoms with Crippen LogP contribution in [-0.4, -0.2) is 9.67 Å². The molecule has 0 unspecified atom stereocenters. The van der Waals surface area contributed by atoms with Crippen LogP contribution in [-0.2, 0) is 13.0 Å². The zero-order chi connectivity index (χ0) is 21.0. The zero-order valence-corrected chi connectivity index (χ0v) is 16.7. The SMILES string of the molecule is Cc1ccc(N=Nc2c(C)c(C#N)c(O)n(CCc3ccccc3)c2=O)c(C)c1. The van der Waals surface area contributed by atoms with Gasteiger partial charge in [0.2, 0.25) is 5.88 Å². The van der Waals surface area contributed by atoms with Crippen LogP contribution in [0.1, 0.15) is 27.8 Å². The maximum atomic E-state index is 13.0. The Hall–Kier alpha value is -3.72. The van der Waals surface area contributed by atoms with Gasteiger partial charge in [-0.1, -0.05) is 48.0 Å². The Kier molecular flexibility index (Phi) is 5.89. The molecule has 6 heteroatoms. The lowest BCUT2D eigenvalue weighted by atomic mass is 10.1. The van der Waals surface area contributed by atoms with Crippen molar-refractivity contribution in [1.82, 2.24) is 4.57 Å². The van der Waals surface area contributed by atoms with Gasteiger partial charge in [-0.05, 0) is 44.4 Å². The molecule has 0 aliphatic rings. The van der Waals surface area contributed by atoms with Crippen molar-refractivity contribution in [3.8, 4) is 11.9 Å². The number of rotatable bonds is 5. The summed E-state index contributed by atoms with van der Waals surface area (Å²) in [6.07, 6.45) is 0.538. The van der Waals surface area contributed by atoms with Gasteiger partial charge in [0.05, 0.1) is 5.69 Å². The molecule has 29 heavy (non-hydrogen) atoms. The summed E-state index contributed by atoms with van der Waals surface area (Å²) >= 11 is 0. The standard InChI is InChI=1S/C23H22N4O2/c1-15-9-10-20(16(2)13-15)25-26-21-17(3)19(14-24)22(28)27(23(21)29)12-11-18-7-5-4-6-8-18/h4-10,13,28H,11-12H2,1-3H3. The van der Waals surface area contributed by atoms with E-state index in [1.54, 1.807) is 6.92 Å². The van der Waals surface area contributed by atoms with Crippen molar-refractivity contribution in [3.05, 3.63) is 86.7 Å². The summed E-state index contributed by atoms with van der Waals surface area (Å²) in [5.41, 5.74) is 3.67. The molecular formula is C23H22N4O2. The molecule has 0 amide bonds. The number of aromatic hydroxyl groups is 1. The average molecular weight is 386 g/mol. The lowest BCUT2D eigenvalue weighted by Gasteiger charge is -2.13. The van der Waals surface area contributed by atoms with Crippen molar-refractivity contribution in [2.45, 2.75) is 33.7 Å². The molecule has 1 N–H and O–H groups in total. The van der Waals surface area contributed by atoms with Crippen molar-refractivity contribution in [2.75, 3.05) is 0 Å². The van der Waals surface area contributed by atoms with Gasteiger partial charge in [0, 0.05) is 12.1 Å². The minimum absolute atomic E-state index is 0.0345. The third-order valence-corrected chi connectivity index (χ3v) is 4.85. The number of hydrogen-bond acceptors (Lipinski definition) is 5. The van der Waals surface area contributed by atoms with E-state index in [2.05, 4.69) is 10.2 Å². The maximum absolute atomic E-state index is 13.0. The minimum atomic E-state index is -0.469. The Bertz CT molecular complexity index is 1170. The monoisotopic (exact) mass is 386 g/mol. The van der Waals surface area contributed by atoms with Gasteiger partial charge in [0.15, 0.2) is 5.69 Å². The Morgan fingerprint density at radius 3 is 2.45 bits per heavy atom. The van der Waals surface area contributed by atoms with Gasteiger partial charge in [-0.25, -0.2) is 0 Å². The van der Waals surface area contributed by atoms with Gasteiger partial charge in [-0.15, -0.1) is 5.11 Å². The molecule has 146 valence electrons. The molecule has 6 nitrogen and oxygen atoms in total. The molecule has 0 saturated heterocycles. The Morgan fingerprint density at radius 2 is 1.79 bits per heavy atom. The van der Waals surface area contributed by atoms with Crippen LogP contribution >= 0.6 is 0 Å². The highest BCUT2D eigenvalue weighted by atomic mass is 16.3. The van der Waals surface area contributed by atoms with Crippen molar-refractivity contribution >= 4 is 11.4 Å². The van der Waals surface area contributed by atoms with Crippen LogP contribution in [0.5, 0.6) is 5.88 Å². The first-order chi connectivity index (χ1) is 13.9. The van der Waals surface area contributed by atoms with E-state index in [1.165, 1.54) is 4.57 Å². The first-order valence-corrected chi connectivity index (χ1v) is 9.31. The van der Waals surface area contributed by atoms with Crippen LogP contribution in [0, 0.1) is 32.1 Å².